The highest BCUT2D eigenvalue weighted by Crippen LogP contribution is 2.31. The Labute approximate surface area is 100 Å². The molecule has 2 unspecified atom stereocenters. The van der Waals surface area contributed by atoms with Crippen LogP contribution in [0.3, 0.4) is 0 Å². The molecule has 17 heavy (non-hydrogen) atoms. The summed E-state index contributed by atoms with van der Waals surface area (Å²) in [5.74, 6) is -0.140. The first-order valence-electron chi connectivity index (χ1n) is 4.92. The van der Waals surface area contributed by atoms with Gasteiger partial charge in [-0.15, -0.1) is 0 Å². The summed E-state index contributed by atoms with van der Waals surface area (Å²) in [4.78, 5) is 11.4. The Balaban J connectivity index is 2.81. The van der Waals surface area contributed by atoms with E-state index in [2.05, 4.69) is 3.63 Å². The maximum atomic E-state index is 12.1. The van der Waals surface area contributed by atoms with Crippen molar-refractivity contribution in [2.75, 3.05) is 5.75 Å². The van der Waals surface area contributed by atoms with Gasteiger partial charge in [0.2, 0.25) is 5.25 Å². The van der Waals surface area contributed by atoms with Crippen molar-refractivity contribution in [3.8, 4) is 0 Å². The first-order chi connectivity index (χ1) is 7.69. The Morgan fingerprint density at radius 3 is 2.41 bits per heavy atom. The molecule has 0 amide bonds. The number of halogens is 3. The predicted molar refractivity (Wildman–Crippen MR) is 56.6 cm³/mol. The highest BCUT2D eigenvalue weighted by atomic mass is 32.3. The van der Waals surface area contributed by atoms with Crippen molar-refractivity contribution >= 4 is 27.1 Å². The van der Waals surface area contributed by atoms with Crippen molar-refractivity contribution in [2.24, 2.45) is 0 Å². The van der Waals surface area contributed by atoms with E-state index in [4.69, 9.17) is 0 Å². The zero-order valence-electron chi connectivity index (χ0n) is 8.99. The van der Waals surface area contributed by atoms with Gasteiger partial charge >= 0.3 is 15.6 Å². The van der Waals surface area contributed by atoms with Crippen molar-refractivity contribution in [2.45, 2.75) is 36.9 Å². The average molecular weight is 293 g/mol. The fraction of sp³-hybridized carbons (Fsp3) is 0.875. The molecule has 2 atom stereocenters. The summed E-state index contributed by atoms with van der Waals surface area (Å²) in [7, 11) is -5.61. The van der Waals surface area contributed by atoms with Crippen LogP contribution in [0.2, 0.25) is 0 Å². The molecule has 0 spiro atoms. The van der Waals surface area contributed by atoms with Crippen LogP contribution in [0.1, 0.15) is 26.2 Å². The number of alkyl halides is 3. The third-order valence-corrected chi connectivity index (χ3v) is 6.00. The average Bonchev–Trinajstić information content (AvgIpc) is 2.59. The number of ketones is 1. The minimum atomic E-state index is -5.61. The van der Waals surface area contributed by atoms with Crippen molar-refractivity contribution in [3.05, 3.63) is 0 Å². The van der Waals surface area contributed by atoms with Crippen molar-refractivity contribution in [1.82, 2.24) is 0 Å². The van der Waals surface area contributed by atoms with E-state index in [9.17, 15) is 26.4 Å². The number of rotatable bonds is 4. The molecule has 0 radical (unpaired) electrons. The highest BCUT2D eigenvalue weighted by Gasteiger charge is 2.55. The van der Waals surface area contributed by atoms with E-state index in [1.807, 2.05) is 0 Å². The van der Waals surface area contributed by atoms with Crippen molar-refractivity contribution in [3.63, 3.8) is 0 Å². The van der Waals surface area contributed by atoms with Gasteiger partial charge in [-0.25, -0.2) is 0 Å². The molecule has 1 aliphatic carbocycles. The second-order valence-corrected chi connectivity index (χ2v) is 7.31. The molecule has 100 valence electrons. The molecule has 0 aromatic carbocycles. The van der Waals surface area contributed by atoms with E-state index < -0.39 is 32.1 Å². The lowest BCUT2D eigenvalue weighted by atomic mass is 10.3. The van der Waals surface area contributed by atoms with E-state index >= 15 is 0 Å². The van der Waals surface area contributed by atoms with Crippen molar-refractivity contribution in [1.29, 1.82) is 0 Å². The van der Waals surface area contributed by atoms with E-state index in [0.717, 1.165) is 0 Å². The maximum absolute atomic E-state index is 12.1. The number of carbonyl (C=O) groups is 1. The Morgan fingerprint density at radius 2 is 2.06 bits per heavy atom. The van der Waals surface area contributed by atoms with Crippen LogP contribution in [0.5, 0.6) is 0 Å². The lowest BCUT2D eigenvalue weighted by molar-refractivity contribution is -0.117. The van der Waals surface area contributed by atoms with Gasteiger partial charge in [0.25, 0.3) is 0 Å². The number of Topliss-reactive ketones (excluding diaryl/α,β-unsaturated/α-hetero) is 1. The topological polar surface area (TPSA) is 60.4 Å². The normalized spacial score (nSPS) is 24.0. The third-order valence-electron chi connectivity index (χ3n) is 2.31. The Morgan fingerprint density at radius 1 is 1.47 bits per heavy atom. The van der Waals surface area contributed by atoms with Gasteiger partial charge in [0, 0.05) is 12.8 Å². The summed E-state index contributed by atoms with van der Waals surface area (Å²) < 4.78 is 62.2. The Kier molecular flexibility index (Phi) is 4.48. The molecule has 0 aromatic rings. The molecule has 1 rings (SSSR count). The molecule has 0 heterocycles. The summed E-state index contributed by atoms with van der Waals surface area (Å²) >= 11 is -1.51. The van der Waals surface area contributed by atoms with Crippen LogP contribution in [0, 0.1) is 0 Å². The maximum Gasteiger partial charge on any atom is 0.527 e. The standard InChI is InChI=1S/C8H12F3O4S2/c1-2-16(7-5-3-4-6(7)12)15-17(13,14)8(9,10)11/h7H,2-5H2,1H3/q+1. The molecule has 1 saturated carbocycles. The van der Waals surface area contributed by atoms with Crippen molar-refractivity contribution < 1.29 is 30.0 Å². The molecular weight excluding hydrogens is 281 g/mol. The molecular formula is C8H12F3O4S2+. The van der Waals surface area contributed by atoms with Crippen LogP contribution in [-0.2, 0) is 29.7 Å². The Bertz CT molecular complexity index is 390. The van der Waals surface area contributed by atoms with Gasteiger partial charge in [-0.3, -0.25) is 4.79 Å². The second kappa shape index (κ2) is 5.15. The van der Waals surface area contributed by atoms with E-state index in [1.54, 1.807) is 0 Å². The van der Waals surface area contributed by atoms with Crippen LogP contribution >= 0.6 is 0 Å². The summed E-state index contributed by atoms with van der Waals surface area (Å²) in [5.41, 5.74) is -5.44. The molecule has 0 aliphatic heterocycles. The molecule has 9 heteroatoms. The predicted octanol–water partition coefficient (Wildman–Crippen LogP) is 1.53. The van der Waals surface area contributed by atoms with Crippen LogP contribution in [0.4, 0.5) is 13.2 Å². The zero-order chi connectivity index (χ0) is 13.3. The minimum absolute atomic E-state index is 0.0751. The monoisotopic (exact) mass is 293 g/mol. The van der Waals surface area contributed by atoms with Crippen LogP contribution in [0.15, 0.2) is 0 Å². The van der Waals surface area contributed by atoms with Gasteiger partial charge in [0.05, 0.1) is 0 Å². The van der Waals surface area contributed by atoms with Gasteiger partial charge in [-0.1, -0.05) is 0 Å². The van der Waals surface area contributed by atoms with E-state index in [-0.39, 0.29) is 18.0 Å². The second-order valence-electron chi connectivity index (χ2n) is 3.48. The fourth-order valence-electron chi connectivity index (χ4n) is 1.51. The summed E-state index contributed by atoms with van der Waals surface area (Å²) in [6.07, 6.45) is 1.25. The first kappa shape index (κ1) is 14.8. The van der Waals surface area contributed by atoms with Crippen LogP contribution in [0.25, 0.3) is 0 Å². The van der Waals surface area contributed by atoms with Gasteiger partial charge in [0.15, 0.2) is 17.0 Å². The molecule has 0 saturated heterocycles. The lowest BCUT2D eigenvalue weighted by Gasteiger charge is -2.11. The molecule has 4 nitrogen and oxygen atoms in total. The summed E-state index contributed by atoms with van der Waals surface area (Å²) in [5, 5.41) is -0.711. The van der Waals surface area contributed by atoms with Crippen LogP contribution < -0.4 is 0 Å². The summed E-state index contributed by atoms with van der Waals surface area (Å²) in [6, 6.07) is 0. The molecule has 0 bridgehead atoms. The SMILES string of the molecule is CC[S+](OS(=O)(=O)C(F)(F)F)C1CCCC1=O. The van der Waals surface area contributed by atoms with E-state index in [0.29, 0.717) is 12.8 Å². The Hall–Kier alpha value is -0.280. The highest BCUT2D eigenvalue weighted by molar-refractivity contribution is 8.03. The smallest absolute Gasteiger partial charge is 0.294 e. The van der Waals surface area contributed by atoms with Gasteiger partial charge < -0.3 is 0 Å². The number of hydrogen-bond donors (Lipinski definition) is 0. The number of hydrogen-bond acceptors (Lipinski definition) is 4. The lowest BCUT2D eigenvalue weighted by Crippen LogP contribution is -2.35. The third kappa shape index (κ3) is 3.35. The zero-order valence-corrected chi connectivity index (χ0v) is 10.6. The largest absolute Gasteiger partial charge is 0.527 e. The summed E-state index contributed by atoms with van der Waals surface area (Å²) in [6.45, 7) is 1.50. The van der Waals surface area contributed by atoms with Gasteiger partial charge in [0.1, 0.15) is 5.75 Å². The fourth-order valence-corrected chi connectivity index (χ4v) is 4.75. The molecule has 0 aromatic heterocycles. The van der Waals surface area contributed by atoms with E-state index in [1.165, 1.54) is 6.92 Å². The van der Waals surface area contributed by atoms with Crippen LogP contribution in [-0.4, -0.2) is 30.7 Å². The first-order valence-corrected chi connectivity index (χ1v) is 7.71. The van der Waals surface area contributed by atoms with Gasteiger partial charge in [-0.2, -0.15) is 21.6 Å². The minimum Gasteiger partial charge on any atom is -0.294 e. The molecule has 1 fully saturated rings. The number of carbonyl (C=O) groups excluding carboxylic acids is 1. The molecule has 0 N–H and O–H groups in total. The van der Waals surface area contributed by atoms with Gasteiger partial charge in [-0.05, 0) is 17.0 Å². The quantitative estimate of drug-likeness (QED) is 0.582. The molecule has 1 aliphatic rings.